The van der Waals surface area contributed by atoms with E-state index in [1.807, 2.05) is 0 Å². The molecule has 0 bridgehead atoms. The highest BCUT2D eigenvalue weighted by molar-refractivity contribution is 6.61. The minimum Gasteiger partial charge on any atom is -0.462 e. The number of aromatic nitrogens is 2. The van der Waals surface area contributed by atoms with Crippen LogP contribution < -0.4 is 16.4 Å². The number of carbonyl (C=O) groups is 1. The zero-order chi connectivity index (χ0) is 32.6. The van der Waals surface area contributed by atoms with Crippen molar-refractivity contribution in [2.24, 2.45) is 0 Å². The van der Waals surface area contributed by atoms with Crippen LogP contribution in [0.1, 0.15) is 49.3 Å². The molecule has 0 atom stereocenters. The van der Waals surface area contributed by atoms with E-state index in [9.17, 15) is 27.2 Å². The van der Waals surface area contributed by atoms with Crippen molar-refractivity contribution in [3.8, 4) is 11.1 Å². The van der Waals surface area contributed by atoms with Gasteiger partial charge < -0.3 is 4.74 Å². The van der Waals surface area contributed by atoms with Crippen molar-refractivity contribution in [2.75, 3.05) is 19.7 Å². The fourth-order valence-corrected chi connectivity index (χ4v) is 5.26. The molecule has 0 amide bonds. The normalized spacial score (nSPS) is 14.0. The third-order valence-corrected chi connectivity index (χ3v) is 7.61. The number of nitrogens with one attached hydrogen (secondary N) is 2. The molecular weight excluding hydrogens is 647 g/mol. The first kappa shape index (κ1) is 35.6. The average molecular weight is 680 g/mol. The number of hydrazine groups is 1. The van der Waals surface area contributed by atoms with Crippen molar-refractivity contribution in [2.45, 2.75) is 59.5 Å². The van der Waals surface area contributed by atoms with Gasteiger partial charge in [0.15, 0.2) is 0 Å². The number of rotatable bonds is 4. The molecule has 1 saturated heterocycles. The summed E-state index contributed by atoms with van der Waals surface area (Å²) in [7, 11) is 0. The summed E-state index contributed by atoms with van der Waals surface area (Å²) >= 11 is 17.3. The second-order valence-electron chi connectivity index (χ2n) is 10.0. The van der Waals surface area contributed by atoms with Crippen LogP contribution in [-0.4, -0.2) is 35.0 Å². The Morgan fingerprint density at radius 1 is 0.841 bits per heavy atom. The van der Waals surface area contributed by atoms with Crippen LogP contribution in [0.2, 0.25) is 5.15 Å². The number of hydrogen-bond donors (Lipinski definition) is 2. The zero-order valence-corrected chi connectivity index (χ0v) is 26.7. The molecule has 2 aliphatic heterocycles. The van der Waals surface area contributed by atoms with Crippen LogP contribution in [0.5, 0.6) is 0 Å². The smallest absolute Gasteiger partial charge is 0.341 e. The lowest BCUT2D eigenvalue weighted by molar-refractivity contribution is -0.136. The monoisotopic (exact) mass is 678 g/mol. The van der Waals surface area contributed by atoms with E-state index < -0.39 is 33.7 Å². The summed E-state index contributed by atoms with van der Waals surface area (Å²) in [6, 6.07) is 3.95. The van der Waals surface area contributed by atoms with Crippen molar-refractivity contribution in [1.82, 2.24) is 20.2 Å². The Bertz CT molecular complexity index is 1570. The van der Waals surface area contributed by atoms with Crippen molar-refractivity contribution < 1.29 is 27.1 Å². The lowest BCUT2D eigenvalue weighted by atomic mass is 10.0. The van der Waals surface area contributed by atoms with Gasteiger partial charge in [0.25, 0.3) is 5.56 Å². The molecule has 0 aliphatic carbocycles. The number of aryl methyl sites for hydroxylation is 2. The second kappa shape index (κ2) is 16.5. The van der Waals surface area contributed by atoms with Gasteiger partial charge in [-0.3, -0.25) is 20.3 Å². The number of fused-ring (bicyclic) bond motifs is 1. The third-order valence-electron chi connectivity index (χ3n) is 6.84. The largest absolute Gasteiger partial charge is 0.462 e. The van der Waals surface area contributed by atoms with E-state index in [4.69, 9.17) is 39.5 Å². The summed E-state index contributed by atoms with van der Waals surface area (Å²) in [5, 5.41) is 0.222. The van der Waals surface area contributed by atoms with Gasteiger partial charge in [0.2, 0.25) is 0 Å². The van der Waals surface area contributed by atoms with Crippen molar-refractivity contribution in [3.63, 3.8) is 0 Å². The van der Waals surface area contributed by atoms with Gasteiger partial charge in [-0.1, -0.05) is 34.8 Å². The first-order valence-electron chi connectivity index (χ1n) is 14.0. The van der Waals surface area contributed by atoms with Gasteiger partial charge in [-0.15, -0.1) is 0 Å². The molecule has 3 aromatic rings. The first-order chi connectivity index (χ1) is 20.9. The van der Waals surface area contributed by atoms with Crippen LogP contribution in [0.25, 0.3) is 16.7 Å². The molecule has 0 saturated carbocycles. The molecule has 2 aromatic carbocycles. The maximum atomic E-state index is 14.0. The molecule has 2 N–H and O–H groups in total. The summed E-state index contributed by atoms with van der Waals surface area (Å²) in [5.41, 5.74) is 5.88. The maximum absolute atomic E-state index is 14.0. The first-order valence-corrected chi connectivity index (χ1v) is 15.1. The van der Waals surface area contributed by atoms with Gasteiger partial charge >= 0.3 is 5.97 Å². The number of esters is 1. The number of hydrogen-bond acceptors (Lipinski definition) is 5. The van der Waals surface area contributed by atoms with Crippen LogP contribution in [0.15, 0.2) is 33.6 Å². The second-order valence-corrected chi connectivity index (χ2v) is 11.3. The van der Waals surface area contributed by atoms with E-state index >= 15 is 0 Å². The van der Waals surface area contributed by atoms with E-state index in [0.717, 1.165) is 38.1 Å². The number of nitrogens with zero attached hydrogens (tertiary/aromatic N) is 2. The molecule has 240 valence electrons. The van der Waals surface area contributed by atoms with Gasteiger partial charge in [0.1, 0.15) is 32.9 Å². The lowest BCUT2D eigenvalue weighted by Gasteiger charge is -2.17. The predicted octanol–water partition coefficient (Wildman–Crippen LogP) is 7.21. The summed E-state index contributed by atoms with van der Waals surface area (Å²) in [6.45, 7) is 8.12. The highest BCUT2D eigenvalue weighted by atomic mass is 35.5. The fourth-order valence-electron chi connectivity index (χ4n) is 4.55. The summed E-state index contributed by atoms with van der Waals surface area (Å²) < 4.78 is 61.6. The van der Waals surface area contributed by atoms with Crippen LogP contribution in [0, 0.1) is 37.1 Å². The SMILES string of the molecule is C1CCNNC1.CCOC(=O)C(=C(Cl)Cl)c1cc(C)c(F)cc1F.Cc1cc(-c2c(Cl)n3n(c2=O)CCCC3)c(F)cc1F. The quantitative estimate of drug-likeness (QED) is 0.173. The Morgan fingerprint density at radius 2 is 1.39 bits per heavy atom. The highest BCUT2D eigenvalue weighted by Crippen LogP contribution is 2.31. The van der Waals surface area contributed by atoms with E-state index in [2.05, 4.69) is 10.9 Å². The van der Waals surface area contributed by atoms with Gasteiger partial charge in [-0.25, -0.2) is 27.0 Å². The Balaban J connectivity index is 0.000000203. The van der Waals surface area contributed by atoms with Crippen LogP contribution in [-0.2, 0) is 22.6 Å². The van der Waals surface area contributed by atoms with Crippen LogP contribution in [0.3, 0.4) is 0 Å². The topological polar surface area (TPSA) is 77.3 Å². The molecular formula is C30H33Cl3F4N4O3. The summed E-state index contributed by atoms with van der Waals surface area (Å²) in [5.74, 6) is -3.91. The molecule has 3 heterocycles. The molecule has 1 aromatic heterocycles. The van der Waals surface area contributed by atoms with Crippen molar-refractivity contribution >= 4 is 46.3 Å². The number of ether oxygens (including phenoxy) is 1. The standard InChI is InChI=1S/C14H13ClF2N2O.C12H10Cl2F2O2.C4H10N2/c1-8-6-9(11(17)7-10(8)16)12-13(15)18-4-2-3-5-19(18)14(12)20;1-3-18-12(17)10(11(13)14)7-4-6(2)8(15)5-9(7)16;1-2-4-6-5-3-1/h6-7H,2-5H2,1H3;4-5H,3H2,1-2H3;5-6H,1-4H2. The molecule has 7 nitrogen and oxygen atoms in total. The Labute approximate surface area is 267 Å². The molecule has 2 aliphatic rings. The predicted molar refractivity (Wildman–Crippen MR) is 165 cm³/mol. The molecule has 0 unspecified atom stereocenters. The Hall–Kier alpha value is -2.83. The van der Waals surface area contributed by atoms with Crippen molar-refractivity contribution in [1.29, 1.82) is 0 Å². The Morgan fingerprint density at radius 3 is 1.89 bits per heavy atom. The molecule has 0 radical (unpaired) electrons. The van der Waals surface area contributed by atoms with E-state index in [-0.39, 0.29) is 50.7 Å². The molecule has 0 spiro atoms. The molecule has 1 fully saturated rings. The van der Waals surface area contributed by atoms with Crippen LogP contribution in [0.4, 0.5) is 17.6 Å². The number of carbonyl (C=O) groups excluding carboxylic acids is 1. The third kappa shape index (κ3) is 8.66. The molecule has 5 rings (SSSR count). The van der Waals surface area contributed by atoms with Crippen molar-refractivity contribution in [3.05, 3.63) is 84.2 Å². The fraction of sp³-hybridized carbons (Fsp3) is 0.400. The minimum atomic E-state index is -0.931. The highest BCUT2D eigenvalue weighted by Gasteiger charge is 2.25. The summed E-state index contributed by atoms with van der Waals surface area (Å²) in [6.07, 6.45) is 4.48. The lowest BCUT2D eigenvalue weighted by Crippen LogP contribution is -2.37. The van der Waals surface area contributed by atoms with E-state index in [1.54, 1.807) is 11.6 Å². The summed E-state index contributed by atoms with van der Waals surface area (Å²) in [4.78, 5) is 24.0. The average Bonchev–Trinajstić information content (AvgIpc) is 3.24. The number of benzene rings is 2. The molecule has 44 heavy (non-hydrogen) atoms. The zero-order valence-electron chi connectivity index (χ0n) is 24.4. The molecule has 14 heteroatoms. The van der Waals surface area contributed by atoms with Gasteiger partial charge in [0, 0.05) is 49.4 Å². The van der Waals surface area contributed by atoms with Crippen LogP contribution >= 0.6 is 34.8 Å². The van der Waals surface area contributed by atoms with Gasteiger partial charge in [-0.2, -0.15) is 0 Å². The Kier molecular flexibility index (Phi) is 13.3. The number of halogens is 7. The minimum absolute atomic E-state index is 0.0632. The van der Waals surface area contributed by atoms with E-state index in [1.165, 1.54) is 37.4 Å². The van der Waals surface area contributed by atoms with Gasteiger partial charge in [-0.05, 0) is 69.7 Å². The van der Waals surface area contributed by atoms with Gasteiger partial charge in [0.05, 0.1) is 17.7 Å². The van der Waals surface area contributed by atoms with E-state index in [0.29, 0.717) is 19.2 Å². The maximum Gasteiger partial charge on any atom is 0.341 e.